The second-order valence-electron chi connectivity index (χ2n) is 2.43. The molecule has 0 aromatic heterocycles. The van der Waals surface area contributed by atoms with Crippen LogP contribution in [-0.4, -0.2) is 12.1 Å². The van der Waals surface area contributed by atoms with Gasteiger partial charge < -0.3 is 5.32 Å². The number of para-hydroxylation sites is 1. The molecule has 0 aliphatic heterocycles. The number of hydrogen-bond donors (Lipinski definition) is 1. The van der Waals surface area contributed by atoms with Crippen molar-refractivity contribution in [2.45, 2.75) is 6.18 Å². The molecule has 0 fully saturated rings. The molecular weight excluding hydrogens is 219 g/mol. The van der Waals surface area contributed by atoms with Gasteiger partial charge in [0.05, 0.1) is 10.7 Å². The average molecular weight is 224 g/mol. The number of carbonyl (C=O) groups is 1. The Morgan fingerprint density at radius 3 is 2.36 bits per heavy atom. The molecule has 0 saturated heterocycles. The van der Waals surface area contributed by atoms with E-state index < -0.39 is 12.1 Å². The van der Waals surface area contributed by atoms with Crippen LogP contribution in [0.25, 0.3) is 0 Å². The maximum Gasteiger partial charge on any atom is 0.471 e. The lowest BCUT2D eigenvalue weighted by Gasteiger charge is -2.08. The first-order valence-electron chi connectivity index (χ1n) is 3.54. The molecule has 0 spiro atoms. The quantitative estimate of drug-likeness (QED) is 0.779. The summed E-state index contributed by atoms with van der Waals surface area (Å²) in [4.78, 5) is 10.5. The van der Waals surface area contributed by atoms with Crippen molar-refractivity contribution in [2.24, 2.45) is 0 Å². The zero-order chi connectivity index (χ0) is 10.8. The Kier molecular flexibility index (Phi) is 3.00. The van der Waals surface area contributed by atoms with E-state index in [2.05, 4.69) is 0 Å². The predicted octanol–water partition coefficient (Wildman–Crippen LogP) is 2.84. The molecular formula is C8H5ClF3NO. The van der Waals surface area contributed by atoms with Crippen LogP contribution in [0, 0.1) is 0 Å². The summed E-state index contributed by atoms with van der Waals surface area (Å²) >= 11 is 5.54. The number of nitrogens with one attached hydrogen (secondary N) is 1. The van der Waals surface area contributed by atoms with Crippen molar-refractivity contribution in [2.75, 3.05) is 5.32 Å². The third-order valence-corrected chi connectivity index (χ3v) is 1.71. The van der Waals surface area contributed by atoms with Crippen molar-refractivity contribution in [1.29, 1.82) is 0 Å². The van der Waals surface area contributed by atoms with Gasteiger partial charge in [-0.05, 0) is 12.1 Å². The zero-order valence-corrected chi connectivity index (χ0v) is 7.49. The van der Waals surface area contributed by atoms with Crippen LogP contribution in [0.15, 0.2) is 24.3 Å². The minimum absolute atomic E-state index is 0.0588. The molecule has 1 rings (SSSR count). The van der Waals surface area contributed by atoms with Crippen LogP contribution in [0.5, 0.6) is 0 Å². The lowest BCUT2D eigenvalue weighted by Crippen LogP contribution is -2.29. The minimum atomic E-state index is -4.90. The van der Waals surface area contributed by atoms with E-state index in [1.165, 1.54) is 18.2 Å². The Balaban J connectivity index is 2.80. The molecule has 0 unspecified atom stereocenters. The molecule has 0 bridgehead atoms. The fourth-order valence-corrected chi connectivity index (χ4v) is 0.939. The molecule has 0 aliphatic rings. The second kappa shape index (κ2) is 3.88. The molecule has 1 aromatic rings. The summed E-state index contributed by atoms with van der Waals surface area (Å²) in [5.74, 6) is -2.04. The molecule has 6 heteroatoms. The minimum Gasteiger partial charge on any atom is -0.317 e. The zero-order valence-electron chi connectivity index (χ0n) is 6.73. The summed E-state index contributed by atoms with van der Waals surface area (Å²) in [6, 6.07) is 5.68. The number of benzene rings is 1. The van der Waals surface area contributed by atoms with Crippen LogP contribution < -0.4 is 5.32 Å². The molecule has 0 atom stereocenters. The third-order valence-electron chi connectivity index (χ3n) is 1.38. The van der Waals surface area contributed by atoms with E-state index in [9.17, 15) is 18.0 Å². The van der Waals surface area contributed by atoms with E-state index in [0.29, 0.717) is 0 Å². The summed E-state index contributed by atoms with van der Waals surface area (Å²) in [5.41, 5.74) is -0.0588. The van der Waals surface area contributed by atoms with Crippen molar-refractivity contribution in [1.82, 2.24) is 0 Å². The Morgan fingerprint density at radius 1 is 1.29 bits per heavy atom. The maximum atomic E-state index is 11.8. The first kappa shape index (κ1) is 10.8. The first-order chi connectivity index (χ1) is 6.41. The summed E-state index contributed by atoms with van der Waals surface area (Å²) < 4.78 is 35.4. The highest BCUT2D eigenvalue weighted by Gasteiger charge is 2.38. The molecule has 0 radical (unpaired) electrons. The third kappa shape index (κ3) is 2.63. The number of hydrogen-bond acceptors (Lipinski definition) is 1. The van der Waals surface area contributed by atoms with Gasteiger partial charge in [-0.15, -0.1) is 0 Å². The van der Waals surface area contributed by atoms with E-state index in [1.807, 2.05) is 0 Å². The topological polar surface area (TPSA) is 29.1 Å². The standard InChI is InChI=1S/C8H5ClF3NO/c9-5-3-1-2-4-6(5)13-7(14)8(10,11)12/h1-4H,(H,13,14). The molecule has 14 heavy (non-hydrogen) atoms. The van der Waals surface area contributed by atoms with Crippen molar-refractivity contribution in [3.63, 3.8) is 0 Å². The Hall–Kier alpha value is -1.23. The fraction of sp³-hybridized carbons (Fsp3) is 0.125. The van der Waals surface area contributed by atoms with Crippen molar-refractivity contribution >= 4 is 23.2 Å². The predicted molar refractivity (Wildman–Crippen MR) is 46.1 cm³/mol. The van der Waals surface area contributed by atoms with Crippen LogP contribution in [0.4, 0.5) is 18.9 Å². The summed E-state index contributed by atoms with van der Waals surface area (Å²) in [5, 5.41) is 1.71. The van der Waals surface area contributed by atoms with Crippen molar-refractivity contribution in [3.8, 4) is 0 Å². The normalized spacial score (nSPS) is 11.1. The van der Waals surface area contributed by atoms with Crippen LogP contribution in [0.2, 0.25) is 5.02 Å². The average Bonchev–Trinajstić information content (AvgIpc) is 2.07. The molecule has 0 heterocycles. The molecule has 0 saturated carbocycles. The number of rotatable bonds is 1. The first-order valence-corrected chi connectivity index (χ1v) is 3.92. The van der Waals surface area contributed by atoms with E-state index >= 15 is 0 Å². The van der Waals surface area contributed by atoms with Gasteiger partial charge in [-0.3, -0.25) is 4.79 Å². The van der Waals surface area contributed by atoms with Gasteiger partial charge in [0.1, 0.15) is 0 Å². The van der Waals surface area contributed by atoms with Gasteiger partial charge in [-0.1, -0.05) is 23.7 Å². The lowest BCUT2D eigenvalue weighted by atomic mass is 10.3. The number of alkyl halides is 3. The van der Waals surface area contributed by atoms with Gasteiger partial charge in [-0.2, -0.15) is 13.2 Å². The summed E-state index contributed by atoms with van der Waals surface area (Å²) in [7, 11) is 0. The Labute approximate surface area is 82.7 Å². The van der Waals surface area contributed by atoms with E-state index in [4.69, 9.17) is 11.6 Å². The van der Waals surface area contributed by atoms with Gasteiger partial charge in [-0.25, -0.2) is 0 Å². The van der Waals surface area contributed by atoms with Crippen LogP contribution in [0.1, 0.15) is 0 Å². The Bertz CT molecular complexity index is 351. The van der Waals surface area contributed by atoms with Crippen molar-refractivity contribution < 1.29 is 18.0 Å². The van der Waals surface area contributed by atoms with Gasteiger partial charge in [0.15, 0.2) is 0 Å². The lowest BCUT2D eigenvalue weighted by molar-refractivity contribution is -0.167. The number of anilines is 1. The molecule has 0 aliphatic carbocycles. The smallest absolute Gasteiger partial charge is 0.317 e. The van der Waals surface area contributed by atoms with Gasteiger partial charge in [0.25, 0.3) is 0 Å². The Morgan fingerprint density at radius 2 is 1.86 bits per heavy atom. The highest BCUT2D eigenvalue weighted by Crippen LogP contribution is 2.23. The summed E-state index contributed by atoms with van der Waals surface area (Å²) in [6.07, 6.45) is -4.90. The van der Waals surface area contributed by atoms with E-state index in [1.54, 1.807) is 11.4 Å². The largest absolute Gasteiger partial charge is 0.471 e. The van der Waals surface area contributed by atoms with Gasteiger partial charge in [0, 0.05) is 0 Å². The van der Waals surface area contributed by atoms with Crippen LogP contribution in [-0.2, 0) is 4.79 Å². The molecule has 76 valence electrons. The SMILES string of the molecule is O=C(Nc1ccccc1Cl)C(F)(F)F. The van der Waals surface area contributed by atoms with Crippen LogP contribution >= 0.6 is 11.6 Å². The number of carbonyl (C=O) groups excluding carboxylic acids is 1. The van der Waals surface area contributed by atoms with Gasteiger partial charge in [0.2, 0.25) is 0 Å². The molecule has 1 N–H and O–H groups in total. The monoisotopic (exact) mass is 223 g/mol. The van der Waals surface area contributed by atoms with Gasteiger partial charge >= 0.3 is 12.1 Å². The second-order valence-corrected chi connectivity index (χ2v) is 2.84. The van der Waals surface area contributed by atoms with E-state index in [-0.39, 0.29) is 10.7 Å². The van der Waals surface area contributed by atoms with E-state index in [0.717, 1.165) is 0 Å². The fourth-order valence-electron chi connectivity index (χ4n) is 0.756. The molecule has 2 nitrogen and oxygen atoms in total. The number of amides is 1. The highest BCUT2D eigenvalue weighted by molar-refractivity contribution is 6.33. The van der Waals surface area contributed by atoms with Crippen LogP contribution in [0.3, 0.4) is 0 Å². The molecule has 1 aromatic carbocycles. The maximum absolute atomic E-state index is 11.8. The number of halogens is 4. The van der Waals surface area contributed by atoms with Crippen molar-refractivity contribution in [3.05, 3.63) is 29.3 Å². The highest BCUT2D eigenvalue weighted by atomic mass is 35.5. The molecule has 1 amide bonds. The summed E-state index contributed by atoms with van der Waals surface area (Å²) in [6.45, 7) is 0.